The Bertz CT molecular complexity index is 1090. The molecule has 4 aliphatic rings. The zero-order chi connectivity index (χ0) is 24.3. The van der Waals surface area contributed by atoms with Crippen LogP contribution >= 0.6 is 0 Å². The maximum absolute atomic E-state index is 12.9. The highest BCUT2D eigenvalue weighted by Gasteiger charge is 2.60. The predicted molar refractivity (Wildman–Crippen MR) is 130 cm³/mol. The molecule has 7 atom stereocenters. The maximum atomic E-state index is 12.9. The summed E-state index contributed by atoms with van der Waals surface area (Å²) < 4.78 is 36.7. The minimum atomic E-state index is -3.77. The minimum absolute atomic E-state index is 0.0257. The van der Waals surface area contributed by atoms with E-state index in [0.29, 0.717) is 24.2 Å². The maximum Gasteiger partial charge on any atom is 0.309 e. The number of hydrogen-bond donors (Lipinski definition) is 0. The Hall–Kier alpha value is -1.66. The summed E-state index contributed by atoms with van der Waals surface area (Å²) in [4.78, 5) is 12.7. The van der Waals surface area contributed by atoms with Gasteiger partial charge in [-0.3, -0.25) is 8.98 Å². The third-order valence-corrected chi connectivity index (χ3v) is 11.5. The Morgan fingerprint density at radius 2 is 1.74 bits per heavy atom. The second-order valence-electron chi connectivity index (χ2n) is 11.7. The third-order valence-electron chi connectivity index (χ3n) is 10.1. The summed E-state index contributed by atoms with van der Waals surface area (Å²) in [5, 5.41) is 0. The van der Waals surface area contributed by atoms with Crippen molar-refractivity contribution in [2.75, 3.05) is 7.11 Å². The first kappa shape index (κ1) is 24.1. The SMILES string of the molecule is COC(=O)[C@H]1CC[C@H]2[C@@H]3CC=C4C[C@@H](OS(=O)(=O)c5ccc(C)cc5)CC[C@]4(C)[C@H]3CC[C@]12C. The molecule has 0 saturated heterocycles. The number of ether oxygens (including phenoxy) is 1. The van der Waals surface area contributed by atoms with Crippen molar-refractivity contribution >= 4 is 16.1 Å². The third kappa shape index (κ3) is 3.76. The van der Waals surface area contributed by atoms with Gasteiger partial charge in [-0.1, -0.05) is 43.2 Å². The number of allylic oxidation sites excluding steroid dienone is 1. The molecule has 0 spiro atoms. The van der Waals surface area contributed by atoms with E-state index in [1.165, 1.54) is 12.7 Å². The van der Waals surface area contributed by atoms with Gasteiger partial charge in [-0.25, -0.2) is 0 Å². The van der Waals surface area contributed by atoms with Crippen molar-refractivity contribution in [2.24, 2.45) is 34.5 Å². The first-order chi connectivity index (χ1) is 16.1. The fraction of sp³-hybridized carbons (Fsp3) is 0.679. The Kier molecular flexibility index (Phi) is 6.00. The lowest BCUT2D eigenvalue weighted by Gasteiger charge is -2.57. The molecule has 4 aliphatic carbocycles. The van der Waals surface area contributed by atoms with Crippen molar-refractivity contribution in [3.8, 4) is 0 Å². The molecule has 34 heavy (non-hydrogen) atoms. The number of methoxy groups -OCH3 is 1. The van der Waals surface area contributed by atoms with Crippen LogP contribution in [0, 0.1) is 41.4 Å². The Balaban J connectivity index is 1.33. The van der Waals surface area contributed by atoms with Gasteiger partial charge in [-0.15, -0.1) is 0 Å². The molecule has 5 rings (SSSR count). The van der Waals surface area contributed by atoms with Crippen molar-refractivity contribution in [2.45, 2.75) is 83.1 Å². The zero-order valence-electron chi connectivity index (χ0n) is 20.9. The van der Waals surface area contributed by atoms with Crippen LogP contribution in [0.15, 0.2) is 40.8 Å². The lowest BCUT2D eigenvalue weighted by atomic mass is 9.47. The van der Waals surface area contributed by atoms with Gasteiger partial charge in [-0.05, 0) is 99.0 Å². The van der Waals surface area contributed by atoms with Crippen molar-refractivity contribution in [1.82, 2.24) is 0 Å². The molecule has 0 N–H and O–H groups in total. The van der Waals surface area contributed by atoms with E-state index in [9.17, 15) is 13.2 Å². The molecule has 0 amide bonds. The van der Waals surface area contributed by atoms with Crippen molar-refractivity contribution in [3.05, 3.63) is 41.5 Å². The smallest absolute Gasteiger partial charge is 0.309 e. The number of benzene rings is 1. The lowest BCUT2D eigenvalue weighted by molar-refractivity contribution is -0.152. The van der Waals surface area contributed by atoms with Crippen LogP contribution in [0.5, 0.6) is 0 Å². The van der Waals surface area contributed by atoms with Crippen molar-refractivity contribution in [3.63, 3.8) is 0 Å². The lowest BCUT2D eigenvalue weighted by Crippen LogP contribution is -2.51. The monoisotopic (exact) mass is 486 g/mol. The van der Waals surface area contributed by atoms with Gasteiger partial charge in [0.1, 0.15) is 0 Å². The first-order valence-electron chi connectivity index (χ1n) is 12.9. The van der Waals surface area contributed by atoms with Crippen molar-refractivity contribution < 1.29 is 22.1 Å². The fourth-order valence-electron chi connectivity index (χ4n) is 8.18. The average molecular weight is 487 g/mol. The second kappa shape index (κ2) is 8.48. The van der Waals surface area contributed by atoms with Crippen LogP contribution in [-0.2, 0) is 23.8 Å². The van der Waals surface area contributed by atoms with E-state index >= 15 is 0 Å². The van der Waals surface area contributed by atoms with Crippen LogP contribution in [0.3, 0.4) is 0 Å². The summed E-state index contributed by atoms with van der Waals surface area (Å²) in [6, 6.07) is 6.87. The van der Waals surface area contributed by atoms with Gasteiger partial charge in [0, 0.05) is 0 Å². The molecule has 3 saturated carbocycles. The normalized spacial score (nSPS) is 39.4. The Labute approximate surface area is 204 Å². The molecular weight excluding hydrogens is 448 g/mol. The first-order valence-corrected chi connectivity index (χ1v) is 14.3. The van der Waals surface area contributed by atoms with E-state index in [4.69, 9.17) is 8.92 Å². The molecular formula is C28H38O5S. The molecule has 6 heteroatoms. The summed E-state index contributed by atoms with van der Waals surface area (Å²) in [6.45, 7) is 6.66. The van der Waals surface area contributed by atoms with Crippen LogP contribution in [0.2, 0.25) is 0 Å². The number of aryl methyl sites for hydroxylation is 1. The van der Waals surface area contributed by atoms with Crippen LogP contribution in [0.4, 0.5) is 0 Å². The quantitative estimate of drug-likeness (QED) is 0.305. The van der Waals surface area contributed by atoms with E-state index in [0.717, 1.165) is 50.5 Å². The van der Waals surface area contributed by atoms with Crippen LogP contribution in [-0.4, -0.2) is 27.6 Å². The van der Waals surface area contributed by atoms with Gasteiger partial charge < -0.3 is 4.74 Å². The van der Waals surface area contributed by atoms with E-state index in [-0.39, 0.29) is 33.7 Å². The van der Waals surface area contributed by atoms with E-state index in [2.05, 4.69) is 19.9 Å². The minimum Gasteiger partial charge on any atom is -0.469 e. The Morgan fingerprint density at radius 3 is 2.44 bits per heavy atom. The standard InChI is InChI=1S/C28H38O5S/c1-18-5-8-21(9-6-18)34(30,31)33-20-13-15-27(2)19(17-20)7-10-22-23-11-12-25(26(29)32-4)28(23,3)16-14-24(22)27/h5-9,20,22-25H,10-17H2,1-4H3/t20-,22-,23-,24-,25+,27-,28-/m0/s1. The molecule has 186 valence electrons. The molecule has 1 aromatic rings. The van der Waals surface area contributed by atoms with Crippen molar-refractivity contribution in [1.29, 1.82) is 0 Å². The van der Waals surface area contributed by atoms with Gasteiger partial charge in [0.15, 0.2) is 0 Å². The highest BCUT2D eigenvalue weighted by atomic mass is 32.2. The van der Waals surface area contributed by atoms with Gasteiger partial charge in [0.25, 0.3) is 10.1 Å². The summed E-state index contributed by atoms with van der Waals surface area (Å²) in [5.74, 6) is 1.74. The molecule has 0 bridgehead atoms. The summed E-state index contributed by atoms with van der Waals surface area (Å²) >= 11 is 0. The number of fused-ring (bicyclic) bond motifs is 5. The molecule has 0 aromatic heterocycles. The van der Waals surface area contributed by atoms with E-state index < -0.39 is 10.1 Å². The zero-order valence-corrected chi connectivity index (χ0v) is 21.7. The molecule has 0 aliphatic heterocycles. The van der Waals surface area contributed by atoms with Gasteiger partial charge in [0.05, 0.1) is 24.0 Å². The number of carbonyl (C=O) groups is 1. The second-order valence-corrected chi connectivity index (χ2v) is 13.3. The number of esters is 1. The van der Waals surface area contributed by atoms with Gasteiger partial charge in [0.2, 0.25) is 0 Å². The molecule has 3 fully saturated rings. The average Bonchev–Trinajstić information content (AvgIpc) is 3.16. The topological polar surface area (TPSA) is 69.7 Å². The Morgan fingerprint density at radius 1 is 1.00 bits per heavy atom. The summed E-state index contributed by atoms with van der Waals surface area (Å²) in [6.07, 6.45) is 9.79. The summed E-state index contributed by atoms with van der Waals surface area (Å²) in [5.41, 5.74) is 2.55. The number of hydrogen-bond acceptors (Lipinski definition) is 5. The van der Waals surface area contributed by atoms with Crippen LogP contribution in [0.1, 0.15) is 70.8 Å². The fourth-order valence-corrected chi connectivity index (χ4v) is 9.28. The van der Waals surface area contributed by atoms with Gasteiger partial charge >= 0.3 is 5.97 Å². The number of rotatable bonds is 4. The van der Waals surface area contributed by atoms with Crippen LogP contribution in [0.25, 0.3) is 0 Å². The molecule has 0 heterocycles. The van der Waals surface area contributed by atoms with Crippen LogP contribution < -0.4 is 0 Å². The largest absolute Gasteiger partial charge is 0.469 e. The highest BCUT2D eigenvalue weighted by molar-refractivity contribution is 7.86. The van der Waals surface area contributed by atoms with Gasteiger partial charge in [-0.2, -0.15) is 8.42 Å². The molecule has 5 nitrogen and oxygen atoms in total. The molecule has 1 aromatic carbocycles. The van der Waals surface area contributed by atoms with E-state index in [1.54, 1.807) is 12.1 Å². The summed E-state index contributed by atoms with van der Waals surface area (Å²) in [7, 11) is -2.25. The highest BCUT2D eigenvalue weighted by Crippen LogP contribution is 2.66. The number of carbonyl (C=O) groups excluding carboxylic acids is 1. The predicted octanol–water partition coefficient (Wildman–Crippen LogP) is 5.82. The molecule has 0 radical (unpaired) electrons. The van der Waals surface area contributed by atoms with E-state index in [1.807, 2.05) is 19.1 Å². The molecule has 0 unspecified atom stereocenters.